The molecule has 4 heteroatoms. The Morgan fingerprint density at radius 2 is 2.07 bits per heavy atom. The number of hydrogen-bond donors (Lipinski definition) is 2. The zero-order valence-corrected chi connectivity index (χ0v) is 8.07. The van der Waals surface area contributed by atoms with Crippen molar-refractivity contribution in [2.75, 3.05) is 0 Å². The van der Waals surface area contributed by atoms with E-state index in [1.807, 2.05) is 0 Å². The quantitative estimate of drug-likeness (QED) is 0.738. The van der Waals surface area contributed by atoms with Gasteiger partial charge < -0.3 is 10.1 Å². The molecule has 0 aliphatic heterocycles. The van der Waals surface area contributed by atoms with E-state index in [2.05, 4.69) is 4.98 Å². The standard InChI is InChI=1S/C11H9NO3/c1-6-4-8(11(14)15)5-7-2-3-9(13)12-10(6)7/h2-5H,1H3,(H,12,13)(H,14,15). The fourth-order valence-electron chi connectivity index (χ4n) is 1.57. The zero-order valence-electron chi connectivity index (χ0n) is 8.07. The van der Waals surface area contributed by atoms with Gasteiger partial charge >= 0.3 is 5.97 Å². The van der Waals surface area contributed by atoms with E-state index in [-0.39, 0.29) is 11.1 Å². The van der Waals surface area contributed by atoms with Crippen LogP contribution in [0, 0.1) is 6.92 Å². The largest absolute Gasteiger partial charge is 0.478 e. The van der Waals surface area contributed by atoms with Gasteiger partial charge in [0.05, 0.1) is 11.1 Å². The van der Waals surface area contributed by atoms with Crippen molar-refractivity contribution in [2.24, 2.45) is 0 Å². The smallest absolute Gasteiger partial charge is 0.335 e. The van der Waals surface area contributed by atoms with Gasteiger partial charge in [0.25, 0.3) is 0 Å². The highest BCUT2D eigenvalue weighted by Gasteiger charge is 2.06. The average Bonchev–Trinajstić information content (AvgIpc) is 2.18. The van der Waals surface area contributed by atoms with Crippen molar-refractivity contribution in [2.45, 2.75) is 6.92 Å². The molecule has 0 spiro atoms. The Balaban J connectivity index is 2.84. The summed E-state index contributed by atoms with van der Waals surface area (Å²) in [5.74, 6) is -0.966. The van der Waals surface area contributed by atoms with Crippen molar-refractivity contribution in [3.8, 4) is 0 Å². The molecule has 1 aromatic carbocycles. The van der Waals surface area contributed by atoms with Gasteiger partial charge in [-0.3, -0.25) is 4.79 Å². The summed E-state index contributed by atoms with van der Waals surface area (Å²) < 4.78 is 0. The number of rotatable bonds is 1. The van der Waals surface area contributed by atoms with Crippen LogP contribution in [0.25, 0.3) is 10.9 Å². The number of hydrogen-bond acceptors (Lipinski definition) is 2. The van der Waals surface area contributed by atoms with Gasteiger partial charge in [-0.1, -0.05) is 0 Å². The molecule has 0 saturated carbocycles. The van der Waals surface area contributed by atoms with Gasteiger partial charge in [0, 0.05) is 6.07 Å². The highest BCUT2D eigenvalue weighted by atomic mass is 16.4. The number of aromatic nitrogens is 1. The molecule has 2 N–H and O–H groups in total. The van der Waals surface area contributed by atoms with Crippen LogP contribution < -0.4 is 5.56 Å². The van der Waals surface area contributed by atoms with E-state index in [1.165, 1.54) is 6.07 Å². The van der Waals surface area contributed by atoms with Crippen molar-refractivity contribution in [1.82, 2.24) is 4.98 Å². The van der Waals surface area contributed by atoms with E-state index in [0.29, 0.717) is 5.52 Å². The summed E-state index contributed by atoms with van der Waals surface area (Å²) in [5, 5.41) is 9.58. The van der Waals surface area contributed by atoms with Crippen LogP contribution in [-0.4, -0.2) is 16.1 Å². The number of carboxylic acid groups (broad SMARTS) is 1. The number of benzene rings is 1. The van der Waals surface area contributed by atoms with E-state index in [9.17, 15) is 9.59 Å². The maximum Gasteiger partial charge on any atom is 0.335 e. The molecule has 0 atom stereocenters. The van der Waals surface area contributed by atoms with E-state index < -0.39 is 5.97 Å². The molecular formula is C11H9NO3. The predicted molar refractivity (Wildman–Crippen MR) is 56.3 cm³/mol. The summed E-state index contributed by atoms with van der Waals surface area (Å²) in [6, 6.07) is 6.09. The first-order chi connectivity index (χ1) is 7.08. The van der Waals surface area contributed by atoms with Gasteiger partial charge in [-0.15, -0.1) is 0 Å². The molecule has 76 valence electrons. The van der Waals surface area contributed by atoms with Gasteiger partial charge in [0.1, 0.15) is 0 Å². The second kappa shape index (κ2) is 3.24. The number of aromatic carboxylic acids is 1. The Hall–Kier alpha value is -2.10. The van der Waals surface area contributed by atoms with Crippen LogP contribution in [0.1, 0.15) is 15.9 Å². The Labute approximate surface area is 85.2 Å². The summed E-state index contributed by atoms with van der Waals surface area (Å²) in [5.41, 5.74) is 1.48. The number of carboxylic acids is 1. The van der Waals surface area contributed by atoms with Crippen LogP contribution in [0.4, 0.5) is 0 Å². The summed E-state index contributed by atoms with van der Waals surface area (Å²) >= 11 is 0. The predicted octanol–water partition coefficient (Wildman–Crippen LogP) is 1.53. The molecule has 0 radical (unpaired) electrons. The van der Waals surface area contributed by atoms with Crippen LogP contribution in [0.5, 0.6) is 0 Å². The lowest BCUT2D eigenvalue weighted by Gasteiger charge is -2.03. The Kier molecular flexibility index (Phi) is 2.04. The molecule has 0 saturated heterocycles. The van der Waals surface area contributed by atoms with Crippen LogP contribution in [-0.2, 0) is 0 Å². The third-order valence-electron chi connectivity index (χ3n) is 2.28. The molecule has 4 nitrogen and oxygen atoms in total. The van der Waals surface area contributed by atoms with E-state index >= 15 is 0 Å². The van der Waals surface area contributed by atoms with Gasteiger partial charge in [-0.05, 0) is 36.1 Å². The zero-order chi connectivity index (χ0) is 11.0. The maximum absolute atomic E-state index is 11.1. The van der Waals surface area contributed by atoms with Gasteiger partial charge in [0.2, 0.25) is 5.56 Å². The molecule has 1 heterocycles. The first-order valence-electron chi connectivity index (χ1n) is 4.45. The molecule has 2 rings (SSSR count). The van der Waals surface area contributed by atoms with Gasteiger partial charge in [-0.25, -0.2) is 4.79 Å². The van der Waals surface area contributed by atoms with Crippen molar-refractivity contribution in [1.29, 1.82) is 0 Å². The third-order valence-corrected chi connectivity index (χ3v) is 2.28. The highest BCUT2D eigenvalue weighted by molar-refractivity contribution is 5.94. The minimum absolute atomic E-state index is 0.186. The summed E-state index contributed by atoms with van der Waals surface area (Å²) in [6.07, 6.45) is 0. The molecule has 15 heavy (non-hydrogen) atoms. The van der Waals surface area contributed by atoms with E-state index in [0.717, 1.165) is 10.9 Å². The fraction of sp³-hybridized carbons (Fsp3) is 0.0909. The molecule has 0 fully saturated rings. The summed E-state index contributed by atoms with van der Waals surface area (Å²) in [4.78, 5) is 24.6. The third kappa shape index (κ3) is 1.61. The Morgan fingerprint density at radius 3 is 2.73 bits per heavy atom. The fourth-order valence-corrected chi connectivity index (χ4v) is 1.57. The van der Waals surface area contributed by atoms with Crippen molar-refractivity contribution in [3.63, 3.8) is 0 Å². The molecule has 0 aliphatic rings. The van der Waals surface area contributed by atoms with Gasteiger partial charge in [0.15, 0.2) is 0 Å². The number of fused-ring (bicyclic) bond motifs is 1. The lowest BCUT2D eigenvalue weighted by Crippen LogP contribution is -2.05. The Morgan fingerprint density at radius 1 is 1.33 bits per heavy atom. The molecule has 1 aromatic heterocycles. The van der Waals surface area contributed by atoms with Crippen molar-refractivity contribution >= 4 is 16.9 Å². The van der Waals surface area contributed by atoms with Gasteiger partial charge in [-0.2, -0.15) is 0 Å². The molecule has 0 aliphatic carbocycles. The molecule has 0 unspecified atom stereocenters. The summed E-state index contributed by atoms with van der Waals surface area (Å²) in [6.45, 7) is 1.77. The second-order valence-corrected chi connectivity index (χ2v) is 3.39. The maximum atomic E-state index is 11.1. The lowest BCUT2D eigenvalue weighted by atomic mass is 10.1. The highest BCUT2D eigenvalue weighted by Crippen LogP contribution is 2.17. The number of carbonyl (C=O) groups is 1. The number of H-pyrrole nitrogens is 1. The monoisotopic (exact) mass is 203 g/mol. The number of pyridine rings is 1. The number of nitrogens with one attached hydrogen (secondary N) is 1. The minimum Gasteiger partial charge on any atom is -0.478 e. The minimum atomic E-state index is -0.966. The summed E-state index contributed by atoms with van der Waals surface area (Å²) in [7, 11) is 0. The second-order valence-electron chi connectivity index (χ2n) is 3.39. The molecular weight excluding hydrogens is 194 g/mol. The van der Waals surface area contributed by atoms with Crippen LogP contribution in [0.3, 0.4) is 0 Å². The number of aryl methyl sites for hydroxylation is 1. The first kappa shape index (κ1) is 9.45. The van der Waals surface area contributed by atoms with Crippen molar-refractivity contribution < 1.29 is 9.90 Å². The van der Waals surface area contributed by atoms with Crippen LogP contribution in [0.15, 0.2) is 29.1 Å². The SMILES string of the molecule is Cc1cc(C(=O)O)cc2ccc(=O)[nH]c12. The molecule has 0 bridgehead atoms. The van der Waals surface area contributed by atoms with E-state index in [4.69, 9.17) is 5.11 Å². The first-order valence-corrected chi connectivity index (χ1v) is 4.45. The van der Waals surface area contributed by atoms with E-state index in [1.54, 1.807) is 25.1 Å². The molecule has 0 amide bonds. The lowest BCUT2D eigenvalue weighted by molar-refractivity contribution is 0.0697. The molecule has 2 aromatic rings. The topological polar surface area (TPSA) is 70.2 Å². The van der Waals surface area contributed by atoms with Crippen LogP contribution in [0.2, 0.25) is 0 Å². The Bertz CT molecular complexity index is 598. The van der Waals surface area contributed by atoms with Crippen molar-refractivity contribution in [3.05, 3.63) is 45.7 Å². The van der Waals surface area contributed by atoms with Crippen LogP contribution >= 0.6 is 0 Å². The average molecular weight is 203 g/mol. The number of aromatic amines is 1. The normalized spacial score (nSPS) is 10.5.